The second-order valence-corrected chi connectivity index (χ2v) is 9.64. The van der Waals surface area contributed by atoms with Gasteiger partial charge in [-0.1, -0.05) is 11.6 Å². The summed E-state index contributed by atoms with van der Waals surface area (Å²) in [7, 11) is 0. The lowest BCUT2D eigenvalue weighted by Gasteiger charge is -2.17. The van der Waals surface area contributed by atoms with E-state index in [9.17, 15) is 37.5 Å². The zero-order valence-corrected chi connectivity index (χ0v) is 20.9. The molecule has 0 fully saturated rings. The van der Waals surface area contributed by atoms with Crippen LogP contribution in [0.4, 0.5) is 24.5 Å². The molecule has 0 saturated carbocycles. The molecule has 0 bridgehead atoms. The number of alkyl halides is 3. The molecule has 13 heteroatoms. The van der Waals surface area contributed by atoms with Crippen molar-refractivity contribution in [2.45, 2.75) is 23.2 Å². The Hall–Kier alpha value is -4.03. The maximum absolute atomic E-state index is 13.3. The van der Waals surface area contributed by atoms with Crippen LogP contribution in [0.5, 0.6) is 0 Å². The molecule has 0 aliphatic carbocycles. The van der Waals surface area contributed by atoms with Crippen LogP contribution in [0, 0.1) is 0 Å². The van der Waals surface area contributed by atoms with Crippen LogP contribution < -0.4 is 10.6 Å². The van der Waals surface area contributed by atoms with Crippen LogP contribution in [-0.2, 0) is 11.0 Å². The quantitative estimate of drug-likeness (QED) is 0.241. The lowest BCUT2D eigenvalue weighted by molar-refractivity contribution is -0.137. The van der Waals surface area contributed by atoms with Gasteiger partial charge in [-0.25, -0.2) is 9.59 Å². The molecule has 4 N–H and O–H groups in total. The second-order valence-electron chi connectivity index (χ2n) is 7.79. The number of aromatic carboxylic acids is 2. The molecule has 0 heterocycles. The van der Waals surface area contributed by atoms with Crippen molar-refractivity contribution in [3.05, 3.63) is 87.9 Å². The van der Waals surface area contributed by atoms with Crippen molar-refractivity contribution in [1.29, 1.82) is 0 Å². The van der Waals surface area contributed by atoms with E-state index in [2.05, 4.69) is 10.6 Å². The third kappa shape index (κ3) is 7.05. The van der Waals surface area contributed by atoms with Crippen LogP contribution in [0.25, 0.3) is 0 Å². The number of carboxylic acid groups (broad SMARTS) is 2. The minimum atomic E-state index is -4.71. The van der Waals surface area contributed by atoms with Crippen molar-refractivity contribution in [2.75, 3.05) is 10.6 Å². The van der Waals surface area contributed by atoms with Gasteiger partial charge in [0.15, 0.2) is 0 Å². The van der Waals surface area contributed by atoms with E-state index in [4.69, 9.17) is 16.7 Å². The zero-order chi connectivity index (χ0) is 28.2. The van der Waals surface area contributed by atoms with Crippen LogP contribution in [0.2, 0.25) is 5.02 Å². The Balaban J connectivity index is 1.67. The van der Waals surface area contributed by atoms with Gasteiger partial charge >= 0.3 is 18.1 Å². The van der Waals surface area contributed by atoms with Gasteiger partial charge in [-0.3, -0.25) is 9.59 Å². The normalized spacial score (nSPS) is 11.9. The molecule has 1 unspecified atom stereocenters. The minimum absolute atomic E-state index is 0.124. The summed E-state index contributed by atoms with van der Waals surface area (Å²) in [5, 5.41) is 22.2. The minimum Gasteiger partial charge on any atom is -0.478 e. The summed E-state index contributed by atoms with van der Waals surface area (Å²) in [6, 6.07) is 12.2. The fourth-order valence-corrected chi connectivity index (χ4v) is 4.26. The number of hydrogen-bond donors (Lipinski definition) is 4. The predicted molar refractivity (Wildman–Crippen MR) is 135 cm³/mol. The molecule has 0 aliphatic rings. The van der Waals surface area contributed by atoms with Gasteiger partial charge in [-0.15, -0.1) is 11.8 Å². The molecule has 0 spiro atoms. The highest BCUT2D eigenvalue weighted by atomic mass is 35.5. The van der Waals surface area contributed by atoms with Gasteiger partial charge in [0.25, 0.3) is 5.91 Å². The number of nitrogens with one attached hydrogen (secondary N) is 2. The average molecular weight is 567 g/mol. The lowest BCUT2D eigenvalue weighted by atomic mass is 10.0. The molecule has 38 heavy (non-hydrogen) atoms. The van der Waals surface area contributed by atoms with E-state index < -0.39 is 52.0 Å². The monoisotopic (exact) mass is 566 g/mol. The third-order valence-electron chi connectivity index (χ3n) is 5.08. The Bertz CT molecular complexity index is 1410. The highest BCUT2D eigenvalue weighted by Gasteiger charge is 2.34. The van der Waals surface area contributed by atoms with Gasteiger partial charge in [0.2, 0.25) is 5.91 Å². The van der Waals surface area contributed by atoms with Crippen LogP contribution in [0.3, 0.4) is 0 Å². The highest BCUT2D eigenvalue weighted by Crippen LogP contribution is 2.37. The maximum Gasteiger partial charge on any atom is 0.418 e. The summed E-state index contributed by atoms with van der Waals surface area (Å²) < 4.78 is 39.8. The Morgan fingerprint density at radius 2 is 1.53 bits per heavy atom. The van der Waals surface area contributed by atoms with Crippen molar-refractivity contribution >= 4 is 58.5 Å². The largest absolute Gasteiger partial charge is 0.478 e. The Kier molecular flexibility index (Phi) is 8.69. The number of halogens is 4. The number of thioether (sulfide) groups is 1. The molecule has 0 aromatic heterocycles. The summed E-state index contributed by atoms with van der Waals surface area (Å²) in [6.07, 6.45) is -4.71. The fourth-order valence-electron chi connectivity index (χ4n) is 3.22. The molecule has 1 atom stereocenters. The molecule has 198 valence electrons. The maximum atomic E-state index is 13.3. The number of carbonyl (C=O) groups excluding carboxylic acids is 2. The van der Waals surface area contributed by atoms with Gasteiger partial charge in [-0.05, 0) is 67.6 Å². The number of hydrogen-bond acceptors (Lipinski definition) is 5. The molecule has 0 aliphatic heterocycles. The first-order valence-electron chi connectivity index (χ1n) is 10.6. The molecule has 0 saturated heterocycles. The molecule has 8 nitrogen and oxygen atoms in total. The smallest absolute Gasteiger partial charge is 0.418 e. The highest BCUT2D eigenvalue weighted by molar-refractivity contribution is 8.00. The number of amides is 2. The summed E-state index contributed by atoms with van der Waals surface area (Å²) in [4.78, 5) is 48.3. The van der Waals surface area contributed by atoms with Gasteiger partial charge in [0.1, 0.15) is 0 Å². The first kappa shape index (κ1) is 28.5. The molecule has 3 aromatic rings. The van der Waals surface area contributed by atoms with E-state index in [1.54, 1.807) is 12.1 Å². The van der Waals surface area contributed by atoms with Crippen LogP contribution >= 0.6 is 23.4 Å². The predicted octanol–water partition coefficient (Wildman–Crippen LogP) is 6.13. The van der Waals surface area contributed by atoms with Gasteiger partial charge in [-0.2, -0.15) is 13.2 Å². The standard InChI is InChI=1S/C25H18ClF3N2O6S/c1-12(21(32)31-20-9-3-14(26)11-19(20)25(27,28)29)38-16-6-4-15(5-7-16)30-22(33)17-8-2-13(23(34)35)10-18(17)24(36)37/h2-12H,1H3,(H,30,33)(H,31,32)(H,34,35)(H,36,37). The summed E-state index contributed by atoms with van der Waals surface area (Å²) in [6.45, 7) is 1.51. The van der Waals surface area contributed by atoms with E-state index in [1.807, 2.05) is 0 Å². The summed E-state index contributed by atoms with van der Waals surface area (Å²) in [5.41, 5.74) is -2.22. The number of carbonyl (C=O) groups is 4. The number of rotatable bonds is 8. The third-order valence-corrected chi connectivity index (χ3v) is 6.43. The van der Waals surface area contributed by atoms with Gasteiger partial charge in [0.05, 0.1) is 33.2 Å². The van der Waals surface area contributed by atoms with Crippen molar-refractivity contribution in [2.24, 2.45) is 0 Å². The fraction of sp³-hybridized carbons (Fsp3) is 0.120. The van der Waals surface area contributed by atoms with Crippen molar-refractivity contribution in [3.8, 4) is 0 Å². The number of carboxylic acids is 2. The zero-order valence-electron chi connectivity index (χ0n) is 19.3. The first-order chi connectivity index (χ1) is 17.8. The first-order valence-corrected chi connectivity index (χ1v) is 11.9. The van der Waals surface area contributed by atoms with Gasteiger partial charge < -0.3 is 20.8 Å². The molecular formula is C25H18ClF3N2O6S. The summed E-state index contributed by atoms with van der Waals surface area (Å²) >= 11 is 6.71. The summed E-state index contributed by atoms with van der Waals surface area (Å²) in [5.74, 6) is -4.27. The Morgan fingerprint density at radius 3 is 2.11 bits per heavy atom. The number of anilines is 2. The van der Waals surface area contributed by atoms with Crippen molar-refractivity contribution in [3.63, 3.8) is 0 Å². The van der Waals surface area contributed by atoms with Gasteiger partial charge in [0, 0.05) is 15.6 Å². The van der Waals surface area contributed by atoms with Crippen LogP contribution in [-0.4, -0.2) is 39.2 Å². The molecule has 3 aromatic carbocycles. The average Bonchev–Trinajstić information content (AvgIpc) is 2.85. The SMILES string of the molecule is CC(Sc1ccc(NC(=O)c2ccc(C(=O)O)cc2C(=O)O)cc1)C(=O)Nc1ccc(Cl)cc1C(F)(F)F. The number of benzene rings is 3. The molecule has 3 rings (SSSR count). The van der Waals surface area contributed by atoms with Crippen molar-refractivity contribution in [1.82, 2.24) is 0 Å². The van der Waals surface area contributed by atoms with Crippen LogP contribution in [0.15, 0.2) is 65.6 Å². The Morgan fingerprint density at radius 1 is 0.868 bits per heavy atom. The van der Waals surface area contributed by atoms with E-state index in [-0.39, 0.29) is 21.8 Å². The van der Waals surface area contributed by atoms with E-state index in [0.29, 0.717) is 4.90 Å². The molecule has 2 amide bonds. The molecule has 0 radical (unpaired) electrons. The lowest BCUT2D eigenvalue weighted by Crippen LogP contribution is -2.24. The topological polar surface area (TPSA) is 133 Å². The second kappa shape index (κ2) is 11.6. The van der Waals surface area contributed by atoms with Crippen molar-refractivity contribution < 1.29 is 42.6 Å². The van der Waals surface area contributed by atoms with E-state index >= 15 is 0 Å². The van der Waals surface area contributed by atoms with Crippen LogP contribution in [0.1, 0.15) is 43.6 Å². The Labute approximate surface area is 222 Å². The van der Waals surface area contributed by atoms with E-state index in [0.717, 1.165) is 42.1 Å². The van der Waals surface area contributed by atoms with E-state index in [1.165, 1.54) is 25.1 Å². The molecular weight excluding hydrogens is 549 g/mol.